The first-order valence-corrected chi connectivity index (χ1v) is 6.13. The molecule has 0 amide bonds. The van der Waals surface area contributed by atoms with Crippen molar-refractivity contribution in [2.45, 2.75) is 45.4 Å². The molecule has 0 heterocycles. The quantitative estimate of drug-likeness (QED) is 0.847. The average Bonchev–Trinajstić information content (AvgIpc) is 2.26. The molecule has 0 bridgehead atoms. The van der Waals surface area contributed by atoms with Crippen LogP contribution in [0.3, 0.4) is 0 Å². The molecule has 1 atom stereocenters. The summed E-state index contributed by atoms with van der Waals surface area (Å²) in [6, 6.07) is 4.98. The summed E-state index contributed by atoms with van der Waals surface area (Å²) >= 11 is 0. The van der Waals surface area contributed by atoms with Gasteiger partial charge in [-0.1, -0.05) is 26.0 Å². The molecule has 1 rings (SSSR count). The topological polar surface area (TPSA) is 20.2 Å². The summed E-state index contributed by atoms with van der Waals surface area (Å²) in [5.41, 5.74) is 0.0853. The second kappa shape index (κ2) is 6.23. The van der Waals surface area contributed by atoms with Gasteiger partial charge in [-0.3, -0.25) is 0 Å². The van der Waals surface area contributed by atoms with Crippen LogP contribution in [0.4, 0.5) is 13.2 Å². The van der Waals surface area contributed by atoms with Crippen LogP contribution in [0.5, 0.6) is 0 Å². The van der Waals surface area contributed by atoms with Crippen LogP contribution < -0.4 is 0 Å². The Hall–Kier alpha value is -1.03. The van der Waals surface area contributed by atoms with Crippen molar-refractivity contribution in [1.29, 1.82) is 0 Å². The second-order valence-electron chi connectivity index (χ2n) is 5.02. The van der Waals surface area contributed by atoms with Crippen LogP contribution in [0.2, 0.25) is 0 Å². The van der Waals surface area contributed by atoms with Crippen LogP contribution in [0, 0.1) is 5.92 Å². The van der Waals surface area contributed by atoms with E-state index in [9.17, 15) is 18.3 Å². The predicted octanol–water partition coefficient (Wildman–Crippen LogP) is 4.05. The summed E-state index contributed by atoms with van der Waals surface area (Å²) < 4.78 is 37.0. The maximum atomic E-state index is 12.3. The molecule has 1 unspecified atom stereocenters. The van der Waals surface area contributed by atoms with Crippen LogP contribution >= 0.6 is 0 Å². The molecule has 1 aromatic carbocycles. The molecule has 1 aromatic rings. The van der Waals surface area contributed by atoms with Crippen molar-refractivity contribution in [2.24, 2.45) is 5.92 Å². The SMILES string of the molecule is CC(C)CCC(O)Cc1ccc(C(F)(F)F)cc1. The molecule has 0 saturated carbocycles. The van der Waals surface area contributed by atoms with Gasteiger partial charge >= 0.3 is 6.18 Å². The molecule has 102 valence electrons. The molecule has 1 nitrogen and oxygen atoms in total. The largest absolute Gasteiger partial charge is 0.416 e. The third-order valence-electron chi connectivity index (χ3n) is 2.83. The first-order chi connectivity index (χ1) is 8.29. The zero-order valence-electron chi connectivity index (χ0n) is 10.7. The lowest BCUT2D eigenvalue weighted by molar-refractivity contribution is -0.137. The van der Waals surface area contributed by atoms with Crippen molar-refractivity contribution in [1.82, 2.24) is 0 Å². The monoisotopic (exact) mass is 260 g/mol. The van der Waals surface area contributed by atoms with Crippen molar-refractivity contribution in [3.63, 3.8) is 0 Å². The van der Waals surface area contributed by atoms with E-state index in [1.165, 1.54) is 12.1 Å². The minimum absolute atomic E-state index is 0.408. The summed E-state index contributed by atoms with van der Waals surface area (Å²) in [6.45, 7) is 4.15. The summed E-state index contributed by atoms with van der Waals surface area (Å²) in [5, 5.41) is 9.76. The molecule has 0 saturated heterocycles. The highest BCUT2D eigenvalue weighted by molar-refractivity contribution is 5.25. The van der Waals surface area contributed by atoms with E-state index >= 15 is 0 Å². The smallest absolute Gasteiger partial charge is 0.393 e. The van der Waals surface area contributed by atoms with Gasteiger partial charge in [0.2, 0.25) is 0 Å². The van der Waals surface area contributed by atoms with Gasteiger partial charge in [-0.25, -0.2) is 0 Å². The van der Waals surface area contributed by atoms with Crippen molar-refractivity contribution in [3.8, 4) is 0 Å². The highest BCUT2D eigenvalue weighted by Gasteiger charge is 2.29. The molecule has 1 N–H and O–H groups in total. The molecule has 0 aliphatic rings. The summed E-state index contributed by atoms with van der Waals surface area (Å²) in [7, 11) is 0. The van der Waals surface area contributed by atoms with E-state index in [1.807, 2.05) is 0 Å². The maximum absolute atomic E-state index is 12.3. The van der Waals surface area contributed by atoms with Gasteiger partial charge in [-0.15, -0.1) is 0 Å². The third-order valence-corrected chi connectivity index (χ3v) is 2.83. The first kappa shape index (κ1) is 15.0. The highest BCUT2D eigenvalue weighted by Crippen LogP contribution is 2.29. The summed E-state index contributed by atoms with van der Waals surface area (Å²) in [6.07, 6.45) is -2.77. The number of hydrogen-bond acceptors (Lipinski definition) is 1. The van der Waals surface area contributed by atoms with Crippen molar-refractivity contribution in [3.05, 3.63) is 35.4 Å². The molecule has 0 fully saturated rings. The zero-order chi connectivity index (χ0) is 13.8. The molecule has 0 aliphatic heterocycles. The van der Waals surface area contributed by atoms with Gasteiger partial charge in [0.05, 0.1) is 11.7 Å². The van der Waals surface area contributed by atoms with E-state index in [0.717, 1.165) is 24.1 Å². The molecule has 0 radical (unpaired) electrons. The van der Waals surface area contributed by atoms with E-state index in [4.69, 9.17) is 0 Å². The minimum atomic E-state index is -4.30. The Bertz CT molecular complexity index is 354. The number of aliphatic hydroxyl groups excluding tert-OH is 1. The second-order valence-corrected chi connectivity index (χ2v) is 5.02. The van der Waals surface area contributed by atoms with Crippen LogP contribution in [0.25, 0.3) is 0 Å². The van der Waals surface area contributed by atoms with Gasteiger partial charge in [0, 0.05) is 0 Å². The molecule has 4 heteroatoms. The minimum Gasteiger partial charge on any atom is -0.393 e. The Morgan fingerprint density at radius 3 is 2.06 bits per heavy atom. The fourth-order valence-electron chi connectivity index (χ4n) is 1.73. The molecular formula is C14H19F3O. The van der Waals surface area contributed by atoms with Crippen LogP contribution in [-0.4, -0.2) is 11.2 Å². The standard InChI is InChI=1S/C14H19F3O/c1-10(2)3-8-13(18)9-11-4-6-12(7-5-11)14(15,16)17/h4-7,10,13,18H,3,8-9H2,1-2H3. The van der Waals surface area contributed by atoms with Gasteiger partial charge < -0.3 is 5.11 Å². The normalized spacial score (nSPS) is 13.9. The Morgan fingerprint density at radius 1 is 1.06 bits per heavy atom. The Kier molecular flexibility index (Phi) is 5.20. The van der Waals surface area contributed by atoms with Crippen LogP contribution in [0.1, 0.15) is 37.8 Å². The summed E-state index contributed by atoms with van der Waals surface area (Å²) in [4.78, 5) is 0. The van der Waals surface area contributed by atoms with Crippen LogP contribution in [-0.2, 0) is 12.6 Å². The molecule has 0 aliphatic carbocycles. The number of rotatable bonds is 5. The number of halogens is 3. The Labute approximate surface area is 106 Å². The van der Waals surface area contributed by atoms with E-state index in [-0.39, 0.29) is 0 Å². The number of hydrogen-bond donors (Lipinski definition) is 1. The van der Waals surface area contributed by atoms with E-state index < -0.39 is 17.8 Å². The predicted molar refractivity (Wildman–Crippen MR) is 65.2 cm³/mol. The van der Waals surface area contributed by atoms with Gasteiger partial charge in [0.25, 0.3) is 0 Å². The Balaban J connectivity index is 2.53. The van der Waals surface area contributed by atoms with Gasteiger partial charge in [0.1, 0.15) is 0 Å². The number of alkyl halides is 3. The molecular weight excluding hydrogens is 241 g/mol. The number of benzene rings is 1. The van der Waals surface area contributed by atoms with Gasteiger partial charge in [-0.05, 0) is 42.9 Å². The first-order valence-electron chi connectivity index (χ1n) is 6.13. The molecule has 0 spiro atoms. The zero-order valence-corrected chi connectivity index (χ0v) is 10.7. The Morgan fingerprint density at radius 2 is 1.61 bits per heavy atom. The lowest BCUT2D eigenvalue weighted by Gasteiger charge is -2.13. The third kappa shape index (κ3) is 5.08. The summed E-state index contributed by atoms with van der Waals surface area (Å²) in [5.74, 6) is 0.521. The van der Waals surface area contributed by atoms with E-state index in [1.54, 1.807) is 0 Å². The van der Waals surface area contributed by atoms with E-state index in [2.05, 4.69) is 13.8 Å². The average molecular weight is 260 g/mol. The van der Waals surface area contributed by atoms with Crippen molar-refractivity contribution >= 4 is 0 Å². The molecule has 0 aromatic heterocycles. The molecule has 18 heavy (non-hydrogen) atoms. The number of aliphatic hydroxyl groups is 1. The van der Waals surface area contributed by atoms with Crippen molar-refractivity contribution < 1.29 is 18.3 Å². The lowest BCUT2D eigenvalue weighted by atomic mass is 9.99. The van der Waals surface area contributed by atoms with Gasteiger partial charge in [0.15, 0.2) is 0 Å². The maximum Gasteiger partial charge on any atom is 0.416 e. The fraction of sp³-hybridized carbons (Fsp3) is 0.571. The van der Waals surface area contributed by atoms with Crippen molar-refractivity contribution in [2.75, 3.05) is 0 Å². The van der Waals surface area contributed by atoms with Crippen LogP contribution in [0.15, 0.2) is 24.3 Å². The lowest BCUT2D eigenvalue weighted by Crippen LogP contribution is -2.12. The van der Waals surface area contributed by atoms with Gasteiger partial charge in [-0.2, -0.15) is 13.2 Å². The fourth-order valence-corrected chi connectivity index (χ4v) is 1.73. The highest BCUT2D eigenvalue weighted by atomic mass is 19.4. The van der Waals surface area contributed by atoms with E-state index in [0.29, 0.717) is 18.8 Å².